The van der Waals surface area contributed by atoms with E-state index >= 15 is 0 Å². The van der Waals surface area contributed by atoms with Crippen LogP contribution in [0, 0.1) is 0 Å². The molecule has 140 valence electrons. The Balaban J connectivity index is 2.12. The predicted molar refractivity (Wildman–Crippen MR) is 104 cm³/mol. The molecule has 0 spiro atoms. The fourth-order valence-corrected chi connectivity index (χ4v) is 3.60. The number of aliphatic carboxylic acids is 1. The lowest BCUT2D eigenvalue weighted by molar-refractivity contribution is -0.146. The van der Waals surface area contributed by atoms with Gasteiger partial charge in [-0.1, -0.05) is 24.3 Å². The average Bonchev–Trinajstić information content (AvgIpc) is 3.02. The number of benzene rings is 2. The molecule has 2 heterocycles. The zero-order valence-electron chi connectivity index (χ0n) is 14.7. The number of hydrogen-bond donors (Lipinski definition) is 3. The molecule has 0 aliphatic rings. The topological polar surface area (TPSA) is 118 Å². The first-order chi connectivity index (χ1) is 13.5. The Morgan fingerprint density at radius 2 is 1.71 bits per heavy atom. The van der Waals surface area contributed by atoms with Gasteiger partial charge in [-0.3, -0.25) is 9.78 Å². The van der Waals surface area contributed by atoms with Crippen LogP contribution >= 0.6 is 0 Å². The maximum absolute atomic E-state index is 12.1. The molecule has 0 bridgehead atoms. The van der Waals surface area contributed by atoms with Crippen LogP contribution in [0.3, 0.4) is 0 Å². The quantitative estimate of drug-likeness (QED) is 0.495. The minimum Gasteiger partial charge on any atom is -0.479 e. The molecule has 1 unspecified atom stereocenters. The summed E-state index contributed by atoms with van der Waals surface area (Å²) in [6.07, 6.45) is -0.0315. The number of carbonyl (C=O) groups excluding carboxylic acids is 1. The number of aromatic nitrogens is 2. The van der Waals surface area contributed by atoms with Crippen LogP contribution in [0.4, 0.5) is 0 Å². The Hall–Kier alpha value is -3.71. The summed E-state index contributed by atoms with van der Waals surface area (Å²) >= 11 is 0. The Morgan fingerprint density at radius 1 is 1.00 bits per heavy atom. The zero-order chi connectivity index (χ0) is 19.8. The molecule has 2 aromatic heterocycles. The molecule has 0 saturated carbocycles. The minimum atomic E-state index is -1.72. The molecule has 7 nitrogen and oxygen atoms in total. The molecule has 0 radical (unpaired) electrons. The van der Waals surface area contributed by atoms with Crippen molar-refractivity contribution in [3.05, 3.63) is 77.6 Å². The summed E-state index contributed by atoms with van der Waals surface area (Å²) in [6.45, 7) is 0.412. The van der Waals surface area contributed by atoms with Gasteiger partial charge in [0.1, 0.15) is 0 Å². The molecule has 4 aromatic rings. The first-order valence-electron chi connectivity index (χ1n) is 8.63. The maximum atomic E-state index is 12.1. The molecule has 0 fully saturated rings. The second-order valence-electron chi connectivity index (χ2n) is 6.45. The highest BCUT2D eigenvalue weighted by molar-refractivity contribution is 6.19. The molecule has 0 aliphatic carbocycles. The van der Waals surface area contributed by atoms with Crippen LogP contribution < -0.4 is 5.73 Å². The number of fused-ring (bicyclic) bond motifs is 3. The highest BCUT2D eigenvalue weighted by Crippen LogP contribution is 2.36. The molecular weight excluding hydrogens is 358 g/mol. The first-order valence-corrected chi connectivity index (χ1v) is 8.63. The Kier molecular flexibility index (Phi) is 4.29. The van der Waals surface area contributed by atoms with Crippen molar-refractivity contribution >= 4 is 33.7 Å². The number of carbonyl (C=O) groups is 2. The van der Waals surface area contributed by atoms with Crippen LogP contribution in [0.25, 0.3) is 21.8 Å². The second-order valence-corrected chi connectivity index (χ2v) is 6.45. The number of aliphatic hydroxyl groups excluding tert-OH is 1. The number of nitrogens with zero attached hydrogens (tertiary/aromatic N) is 2. The Morgan fingerprint density at radius 3 is 2.36 bits per heavy atom. The molecule has 0 saturated heterocycles. The van der Waals surface area contributed by atoms with E-state index in [0.29, 0.717) is 28.4 Å². The number of hydrogen-bond acceptors (Lipinski definition) is 4. The highest BCUT2D eigenvalue weighted by Gasteiger charge is 2.24. The molecule has 0 aliphatic heterocycles. The van der Waals surface area contributed by atoms with Crippen molar-refractivity contribution < 1.29 is 19.8 Å². The van der Waals surface area contributed by atoms with Crippen LogP contribution in [-0.2, 0) is 11.3 Å². The lowest BCUT2D eigenvalue weighted by Crippen LogP contribution is -2.12. The van der Waals surface area contributed by atoms with Crippen LogP contribution in [0.5, 0.6) is 0 Å². The van der Waals surface area contributed by atoms with E-state index in [-0.39, 0.29) is 11.1 Å². The van der Waals surface area contributed by atoms with E-state index < -0.39 is 18.0 Å². The fourth-order valence-electron chi connectivity index (χ4n) is 3.60. The Bertz CT molecular complexity index is 1210. The van der Waals surface area contributed by atoms with E-state index in [1.807, 2.05) is 34.9 Å². The van der Waals surface area contributed by atoms with E-state index in [0.717, 1.165) is 5.69 Å². The summed E-state index contributed by atoms with van der Waals surface area (Å²) in [5.74, 6) is -1.99. The van der Waals surface area contributed by atoms with Gasteiger partial charge in [-0.15, -0.1) is 0 Å². The third-order valence-electron chi connectivity index (χ3n) is 4.79. The lowest BCUT2D eigenvalue weighted by Gasteiger charge is -2.10. The second kappa shape index (κ2) is 6.79. The molecule has 2 aromatic carbocycles. The summed E-state index contributed by atoms with van der Waals surface area (Å²) in [7, 11) is 0. The van der Waals surface area contributed by atoms with Crippen molar-refractivity contribution in [1.82, 2.24) is 9.55 Å². The molecular formula is C21H17N3O4. The highest BCUT2D eigenvalue weighted by atomic mass is 16.4. The van der Waals surface area contributed by atoms with E-state index in [9.17, 15) is 19.8 Å². The molecule has 1 atom stereocenters. The average molecular weight is 375 g/mol. The maximum Gasteiger partial charge on any atom is 0.337 e. The standard InChI is InChI=1S/C21H17N3O4/c22-20(26)14-7-4-9-16-18(14)17-13(19(25)21(27)28)6-3-8-15(17)24(16)11-12-5-1-2-10-23-12/h1-10,19,25H,11H2,(H2,22,26)(H,27,28). The van der Waals surface area contributed by atoms with Gasteiger partial charge in [-0.2, -0.15) is 0 Å². The lowest BCUT2D eigenvalue weighted by atomic mass is 9.99. The number of carboxylic acid groups (broad SMARTS) is 1. The van der Waals surface area contributed by atoms with Crippen molar-refractivity contribution in [1.29, 1.82) is 0 Å². The molecule has 28 heavy (non-hydrogen) atoms. The molecule has 7 heteroatoms. The minimum absolute atomic E-state index is 0.212. The first kappa shape index (κ1) is 17.7. The van der Waals surface area contributed by atoms with Crippen molar-refractivity contribution in [2.75, 3.05) is 0 Å². The van der Waals surface area contributed by atoms with Crippen LogP contribution in [-0.4, -0.2) is 31.6 Å². The van der Waals surface area contributed by atoms with Crippen LogP contribution in [0.15, 0.2) is 60.8 Å². The van der Waals surface area contributed by atoms with E-state index in [1.165, 1.54) is 0 Å². The number of rotatable bonds is 5. The summed E-state index contributed by atoms with van der Waals surface area (Å²) in [5.41, 5.74) is 8.26. The van der Waals surface area contributed by atoms with Crippen molar-refractivity contribution in [3.63, 3.8) is 0 Å². The monoisotopic (exact) mass is 375 g/mol. The van der Waals surface area contributed by atoms with Gasteiger partial charge in [0, 0.05) is 33.6 Å². The van der Waals surface area contributed by atoms with Crippen molar-refractivity contribution in [2.24, 2.45) is 5.73 Å². The van der Waals surface area contributed by atoms with Gasteiger partial charge in [-0.05, 0) is 30.3 Å². The largest absolute Gasteiger partial charge is 0.479 e. The fraction of sp³-hybridized carbons (Fsp3) is 0.0952. The number of pyridine rings is 1. The van der Waals surface area contributed by atoms with Gasteiger partial charge in [0.2, 0.25) is 5.91 Å². The number of nitrogens with two attached hydrogens (primary N) is 1. The van der Waals surface area contributed by atoms with Gasteiger partial charge in [0.05, 0.1) is 17.8 Å². The SMILES string of the molecule is NC(=O)c1cccc2c1c1c(C(O)C(=O)O)cccc1n2Cc1ccccn1. The van der Waals surface area contributed by atoms with Gasteiger partial charge < -0.3 is 20.5 Å². The third-order valence-corrected chi connectivity index (χ3v) is 4.79. The van der Waals surface area contributed by atoms with Crippen molar-refractivity contribution in [3.8, 4) is 0 Å². The van der Waals surface area contributed by atoms with E-state index in [2.05, 4.69) is 4.98 Å². The number of primary amides is 1. The zero-order valence-corrected chi connectivity index (χ0v) is 14.7. The van der Waals surface area contributed by atoms with Crippen molar-refractivity contribution in [2.45, 2.75) is 12.6 Å². The number of carboxylic acids is 1. The van der Waals surface area contributed by atoms with E-state index in [1.54, 1.807) is 30.5 Å². The molecule has 4 rings (SSSR count). The van der Waals surface area contributed by atoms with Crippen LogP contribution in [0.2, 0.25) is 0 Å². The third kappa shape index (κ3) is 2.78. The normalized spacial score (nSPS) is 12.3. The summed E-state index contributed by atoms with van der Waals surface area (Å²) in [6, 6.07) is 15.8. The summed E-state index contributed by atoms with van der Waals surface area (Å²) in [5, 5.41) is 20.6. The molecule has 1 amide bonds. The number of aliphatic hydroxyl groups is 1. The molecule has 4 N–H and O–H groups in total. The van der Waals surface area contributed by atoms with Gasteiger partial charge in [0.25, 0.3) is 0 Å². The Labute approximate surface area is 159 Å². The van der Waals surface area contributed by atoms with Crippen LogP contribution in [0.1, 0.15) is 27.7 Å². The van der Waals surface area contributed by atoms with Gasteiger partial charge in [0.15, 0.2) is 6.10 Å². The summed E-state index contributed by atoms with van der Waals surface area (Å²) in [4.78, 5) is 27.9. The van der Waals surface area contributed by atoms with Gasteiger partial charge in [-0.25, -0.2) is 4.79 Å². The van der Waals surface area contributed by atoms with Gasteiger partial charge >= 0.3 is 5.97 Å². The smallest absolute Gasteiger partial charge is 0.337 e. The summed E-state index contributed by atoms with van der Waals surface area (Å²) < 4.78 is 1.94. The predicted octanol–water partition coefficient (Wildman–Crippen LogP) is 2.45. The number of amides is 1. The van der Waals surface area contributed by atoms with E-state index in [4.69, 9.17) is 5.73 Å².